The molecule has 0 aromatic heterocycles. The summed E-state index contributed by atoms with van der Waals surface area (Å²) in [5.74, 6) is 0.183. The first-order valence-corrected chi connectivity index (χ1v) is 5.54. The fourth-order valence-electron chi connectivity index (χ4n) is 1.04. The van der Waals surface area contributed by atoms with E-state index in [9.17, 15) is 9.90 Å². The minimum atomic E-state index is 0.119. The Morgan fingerprint density at radius 1 is 1.43 bits per heavy atom. The minimum absolute atomic E-state index is 0.119. The van der Waals surface area contributed by atoms with Gasteiger partial charge >= 0.3 is 0 Å². The molecule has 14 heavy (non-hydrogen) atoms. The number of benzene rings is 1. The number of unbranched alkanes of at least 4 members (excludes halogenated alkanes) is 1. The molecule has 0 aliphatic heterocycles. The number of carbonyl (C=O) groups excluding carboxylic acids is 1. The van der Waals surface area contributed by atoms with Crippen LogP contribution >= 0.6 is 11.8 Å². The van der Waals surface area contributed by atoms with E-state index in [-0.39, 0.29) is 10.9 Å². The molecule has 0 aliphatic rings. The van der Waals surface area contributed by atoms with Gasteiger partial charge in [0.1, 0.15) is 5.75 Å². The van der Waals surface area contributed by atoms with E-state index < -0.39 is 0 Å². The molecule has 1 aromatic rings. The maximum Gasteiger partial charge on any atom is 0.193 e. The number of thioether (sulfide) groups is 1. The average molecular weight is 210 g/mol. The zero-order valence-corrected chi connectivity index (χ0v) is 9.01. The highest BCUT2D eigenvalue weighted by atomic mass is 32.2. The van der Waals surface area contributed by atoms with Crippen LogP contribution in [0.3, 0.4) is 0 Å². The van der Waals surface area contributed by atoms with Gasteiger partial charge < -0.3 is 5.11 Å². The number of para-hydroxylation sites is 1. The van der Waals surface area contributed by atoms with Crippen molar-refractivity contribution in [2.24, 2.45) is 0 Å². The summed E-state index contributed by atoms with van der Waals surface area (Å²) in [5, 5.41) is 9.53. The summed E-state index contributed by atoms with van der Waals surface area (Å²) in [6, 6.07) is 6.91. The number of rotatable bonds is 4. The molecule has 1 aromatic carbocycles. The number of hydrogen-bond donors (Lipinski definition) is 1. The monoisotopic (exact) mass is 210 g/mol. The zero-order chi connectivity index (χ0) is 10.4. The first-order valence-electron chi connectivity index (χ1n) is 4.72. The van der Waals surface area contributed by atoms with E-state index in [0.717, 1.165) is 24.6 Å². The quantitative estimate of drug-likeness (QED) is 0.775. The van der Waals surface area contributed by atoms with Crippen LogP contribution in [0.1, 0.15) is 26.2 Å². The fourth-order valence-corrected chi connectivity index (χ4v) is 1.85. The van der Waals surface area contributed by atoms with Gasteiger partial charge in [-0.05, 0) is 30.3 Å². The van der Waals surface area contributed by atoms with Gasteiger partial charge in [-0.15, -0.1) is 0 Å². The third kappa shape index (κ3) is 3.42. The van der Waals surface area contributed by atoms with Crippen LogP contribution in [0.2, 0.25) is 0 Å². The molecular weight excluding hydrogens is 196 g/mol. The van der Waals surface area contributed by atoms with E-state index in [4.69, 9.17) is 0 Å². The molecule has 0 radical (unpaired) electrons. The van der Waals surface area contributed by atoms with Crippen LogP contribution in [0.5, 0.6) is 5.75 Å². The van der Waals surface area contributed by atoms with E-state index in [2.05, 4.69) is 6.92 Å². The van der Waals surface area contributed by atoms with Crippen LogP contribution in [0, 0.1) is 0 Å². The molecule has 0 atom stereocenters. The molecule has 0 fully saturated rings. The van der Waals surface area contributed by atoms with Crippen molar-refractivity contribution in [3.63, 3.8) is 0 Å². The van der Waals surface area contributed by atoms with Crippen molar-refractivity contribution in [2.75, 3.05) is 0 Å². The van der Waals surface area contributed by atoms with Gasteiger partial charge in [0.05, 0.1) is 4.90 Å². The van der Waals surface area contributed by atoms with Crippen molar-refractivity contribution < 1.29 is 9.90 Å². The van der Waals surface area contributed by atoms with Crippen LogP contribution in [0.15, 0.2) is 29.2 Å². The van der Waals surface area contributed by atoms with E-state index >= 15 is 0 Å². The molecule has 0 bridgehead atoms. The van der Waals surface area contributed by atoms with Crippen LogP contribution in [-0.2, 0) is 4.79 Å². The number of phenols is 1. The Balaban J connectivity index is 2.52. The lowest BCUT2D eigenvalue weighted by atomic mass is 10.3. The lowest BCUT2D eigenvalue weighted by Crippen LogP contribution is -1.90. The highest BCUT2D eigenvalue weighted by Crippen LogP contribution is 2.29. The summed E-state index contributed by atoms with van der Waals surface area (Å²) in [4.78, 5) is 12.0. The standard InChI is InChI=1S/C11H14O2S/c1-2-3-8-11(13)14-10-7-5-4-6-9(10)12/h4-7,12H,2-3,8H2,1H3. The topological polar surface area (TPSA) is 37.3 Å². The second-order valence-electron chi connectivity index (χ2n) is 3.05. The Morgan fingerprint density at radius 2 is 2.14 bits per heavy atom. The predicted octanol–water partition coefficient (Wildman–Crippen LogP) is 3.20. The highest BCUT2D eigenvalue weighted by molar-refractivity contribution is 8.13. The van der Waals surface area contributed by atoms with Gasteiger partial charge in [0.25, 0.3) is 0 Å². The van der Waals surface area contributed by atoms with Crippen LogP contribution in [0.4, 0.5) is 0 Å². The second-order valence-corrected chi connectivity index (χ2v) is 4.14. The summed E-state index contributed by atoms with van der Waals surface area (Å²) >= 11 is 1.12. The molecule has 76 valence electrons. The third-order valence-electron chi connectivity index (χ3n) is 1.82. The van der Waals surface area contributed by atoms with Crippen LogP contribution in [0.25, 0.3) is 0 Å². The Hall–Kier alpha value is -0.960. The lowest BCUT2D eigenvalue weighted by molar-refractivity contribution is -0.111. The molecule has 0 aliphatic carbocycles. The zero-order valence-electron chi connectivity index (χ0n) is 8.19. The predicted molar refractivity (Wildman–Crippen MR) is 58.5 cm³/mol. The Bertz CT molecular complexity index is 310. The highest BCUT2D eigenvalue weighted by Gasteiger charge is 2.06. The first kappa shape index (κ1) is 11.1. The summed E-state index contributed by atoms with van der Waals surface area (Å²) in [6.07, 6.45) is 2.52. The molecule has 0 saturated carbocycles. The van der Waals surface area contributed by atoms with E-state index in [1.54, 1.807) is 18.2 Å². The van der Waals surface area contributed by atoms with Gasteiger partial charge in [0.2, 0.25) is 0 Å². The molecule has 0 heterocycles. The molecule has 0 unspecified atom stereocenters. The molecular formula is C11H14O2S. The Morgan fingerprint density at radius 3 is 2.79 bits per heavy atom. The van der Waals surface area contributed by atoms with Gasteiger partial charge in [-0.1, -0.05) is 25.5 Å². The minimum Gasteiger partial charge on any atom is -0.507 e. The Labute approximate surface area is 88.3 Å². The normalized spacial score (nSPS) is 10.1. The molecule has 0 amide bonds. The maximum absolute atomic E-state index is 11.4. The lowest BCUT2D eigenvalue weighted by Gasteiger charge is -2.01. The van der Waals surface area contributed by atoms with Crippen molar-refractivity contribution in [3.8, 4) is 5.75 Å². The molecule has 0 saturated heterocycles. The molecule has 0 spiro atoms. The SMILES string of the molecule is CCCCC(=O)Sc1ccccc1O. The summed E-state index contributed by atoms with van der Waals surface area (Å²) in [5.41, 5.74) is 0. The first-order chi connectivity index (χ1) is 6.74. The third-order valence-corrected chi connectivity index (χ3v) is 2.82. The van der Waals surface area contributed by atoms with Crippen molar-refractivity contribution in [1.29, 1.82) is 0 Å². The van der Waals surface area contributed by atoms with E-state index in [1.807, 2.05) is 6.07 Å². The second kappa shape index (κ2) is 5.70. The molecule has 1 N–H and O–H groups in total. The van der Waals surface area contributed by atoms with Gasteiger partial charge in [-0.2, -0.15) is 0 Å². The summed E-state index contributed by atoms with van der Waals surface area (Å²) in [7, 11) is 0. The van der Waals surface area contributed by atoms with Gasteiger partial charge in [0, 0.05) is 6.42 Å². The van der Waals surface area contributed by atoms with Crippen molar-refractivity contribution in [1.82, 2.24) is 0 Å². The summed E-state index contributed by atoms with van der Waals surface area (Å²) < 4.78 is 0. The largest absolute Gasteiger partial charge is 0.507 e. The van der Waals surface area contributed by atoms with Crippen LogP contribution < -0.4 is 0 Å². The maximum atomic E-state index is 11.4. The van der Waals surface area contributed by atoms with Crippen molar-refractivity contribution in [3.05, 3.63) is 24.3 Å². The molecule has 1 rings (SSSR count). The fraction of sp³-hybridized carbons (Fsp3) is 0.364. The van der Waals surface area contributed by atoms with Crippen molar-refractivity contribution in [2.45, 2.75) is 31.1 Å². The average Bonchev–Trinajstić information content (AvgIpc) is 2.18. The van der Waals surface area contributed by atoms with Gasteiger partial charge in [-0.3, -0.25) is 4.79 Å². The molecule has 2 nitrogen and oxygen atoms in total. The smallest absolute Gasteiger partial charge is 0.193 e. The van der Waals surface area contributed by atoms with Crippen molar-refractivity contribution >= 4 is 16.9 Å². The number of carbonyl (C=O) groups is 1. The number of aromatic hydroxyl groups is 1. The number of hydrogen-bond acceptors (Lipinski definition) is 3. The Kier molecular flexibility index (Phi) is 4.53. The van der Waals surface area contributed by atoms with E-state index in [0.29, 0.717) is 11.3 Å². The van der Waals surface area contributed by atoms with Crippen LogP contribution in [-0.4, -0.2) is 10.2 Å². The number of phenolic OH excluding ortho intramolecular Hbond substituents is 1. The molecule has 3 heteroatoms. The summed E-state index contributed by atoms with van der Waals surface area (Å²) in [6.45, 7) is 2.05. The van der Waals surface area contributed by atoms with Gasteiger partial charge in [-0.25, -0.2) is 0 Å². The van der Waals surface area contributed by atoms with E-state index in [1.165, 1.54) is 0 Å². The van der Waals surface area contributed by atoms with Gasteiger partial charge in [0.15, 0.2) is 5.12 Å².